The molecule has 0 atom stereocenters. The number of ketones is 1. The van der Waals surface area contributed by atoms with E-state index in [1.54, 1.807) is 24.3 Å². The summed E-state index contributed by atoms with van der Waals surface area (Å²) >= 11 is 0. The number of carbonyl (C=O) groups is 2. The number of aromatic nitrogens is 3. The number of rotatable bonds is 8. The first-order valence-corrected chi connectivity index (χ1v) is 14.3. The largest absolute Gasteiger partial charge is 0.586 e. The van der Waals surface area contributed by atoms with E-state index in [2.05, 4.69) is 45.6 Å². The van der Waals surface area contributed by atoms with Gasteiger partial charge in [-0.05, 0) is 75.5 Å². The maximum absolute atomic E-state index is 13.2. The fourth-order valence-electron chi connectivity index (χ4n) is 5.05. The van der Waals surface area contributed by atoms with Gasteiger partial charge >= 0.3 is 6.29 Å². The summed E-state index contributed by atoms with van der Waals surface area (Å²) in [6.07, 6.45) is 1.46. The van der Waals surface area contributed by atoms with E-state index in [0.717, 1.165) is 51.9 Å². The van der Waals surface area contributed by atoms with Gasteiger partial charge in [0, 0.05) is 54.9 Å². The van der Waals surface area contributed by atoms with Crippen LogP contribution in [0.15, 0.2) is 42.5 Å². The van der Waals surface area contributed by atoms with Gasteiger partial charge in [0.1, 0.15) is 0 Å². The zero-order chi connectivity index (χ0) is 30.4. The maximum Gasteiger partial charge on any atom is 0.586 e. The van der Waals surface area contributed by atoms with Gasteiger partial charge in [0.05, 0.1) is 6.42 Å². The topological polar surface area (TPSA) is 253 Å². The van der Waals surface area contributed by atoms with Crippen LogP contribution in [0.25, 0.3) is 0 Å². The van der Waals surface area contributed by atoms with E-state index in [4.69, 9.17) is 4.98 Å². The molecule has 18 heteroatoms. The van der Waals surface area contributed by atoms with Crippen molar-refractivity contribution in [3.8, 4) is 11.5 Å². The van der Waals surface area contributed by atoms with Crippen molar-refractivity contribution < 1.29 is 33.6 Å². The minimum atomic E-state index is -3.75. The van der Waals surface area contributed by atoms with E-state index in [1.807, 2.05) is 0 Å². The number of alkyl halides is 2. The highest BCUT2D eigenvalue weighted by Crippen LogP contribution is 2.42. The molecule has 2 aromatic carbocycles. The predicted octanol–water partition coefficient (Wildman–Crippen LogP) is 6.21. The SMILES string of the molecule is CN.Cl.N.N.N.O=C(CC(=O)c1ccc(Nc2nc(N3CCCCC3)nc(N3CCCC3)n2)cc1)Nc1ccc2c(c1)OC(F)(F)O2.[HH].[HH].[HH].[HH]. The molecule has 0 saturated carbocycles. The number of piperidine rings is 1. The number of nitrogens with one attached hydrogen (secondary N) is 2. The summed E-state index contributed by atoms with van der Waals surface area (Å²) in [6, 6.07) is 10.6. The quantitative estimate of drug-likeness (QED) is 0.113. The van der Waals surface area contributed by atoms with Gasteiger partial charge in [0.25, 0.3) is 0 Å². The van der Waals surface area contributed by atoms with Crippen molar-refractivity contribution >= 4 is 53.3 Å². The third kappa shape index (κ3) is 10.3. The number of nitrogens with two attached hydrogens (primary N) is 1. The van der Waals surface area contributed by atoms with E-state index < -0.39 is 24.4 Å². The lowest BCUT2D eigenvalue weighted by Crippen LogP contribution is -2.32. The highest BCUT2D eigenvalue weighted by molar-refractivity contribution is 6.11. The summed E-state index contributed by atoms with van der Waals surface area (Å²) in [5.74, 6) is 0.439. The molecule has 2 saturated heterocycles. The molecule has 6 rings (SSSR count). The first-order chi connectivity index (χ1) is 20.8. The van der Waals surface area contributed by atoms with Crippen molar-refractivity contribution in [1.82, 2.24) is 33.4 Å². The van der Waals surface area contributed by atoms with Crippen LogP contribution in [0.4, 0.5) is 38.0 Å². The second-order valence-corrected chi connectivity index (χ2v) is 10.2. The number of ether oxygens (including phenoxy) is 2. The fraction of sp³-hybridized carbons (Fsp3) is 0.414. The molecule has 3 aliphatic heterocycles. The molecule has 268 valence electrons. The smallest absolute Gasteiger partial charge is 0.395 e. The minimum Gasteiger partial charge on any atom is -0.395 e. The Bertz CT molecular complexity index is 1480. The van der Waals surface area contributed by atoms with Crippen molar-refractivity contribution in [2.75, 3.05) is 53.7 Å². The fourth-order valence-corrected chi connectivity index (χ4v) is 5.05. The summed E-state index contributed by atoms with van der Waals surface area (Å²) in [6.45, 7) is 3.66. The van der Waals surface area contributed by atoms with Crippen molar-refractivity contribution in [2.45, 2.75) is 44.8 Å². The number of halogens is 3. The van der Waals surface area contributed by atoms with Crippen LogP contribution in [0.5, 0.6) is 11.5 Å². The molecule has 13 N–H and O–H groups in total. The third-order valence-corrected chi connectivity index (χ3v) is 7.11. The number of hydrogen-bond donors (Lipinski definition) is 6. The Hall–Kier alpha value is -4.42. The average Bonchev–Trinajstić information content (AvgIpc) is 3.66. The van der Waals surface area contributed by atoms with Crippen molar-refractivity contribution in [1.29, 1.82) is 0 Å². The molecule has 47 heavy (non-hydrogen) atoms. The normalized spacial score (nSPS) is 15.3. The second-order valence-electron chi connectivity index (χ2n) is 10.2. The van der Waals surface area contributed by atoms with Gasteiger partial charge in [-0.1, -0.05) is 0 Å². The first-order valence-electron chi connectivity index (χ1n) is 14.3. The molecule has 15 nitrogen and oxygen atoms in total. The maximum atomic E-state index is 13.2. The minimum absolute atomic E-state index is 0. The highest BCUT2D eigenvalue weighted by Gasteiger charge is 2.43. The first kappa shape index (κ1) is 40.6. The molecule has 0 radical (unpaired) electrons. The molecule has 1 amide bonds. The summed E-state index contributed by atoms with van der Waals surface area (Å²) < 4.78 is 35.2. The van der Waals surface area contributed by atoms with E-state index in [-0.39, 0.29) is 53.8 Å². The number of anilines is 5. The number of hydrogen-bond acceptors (Lipinski definition) is 14. The van der Waals surface area contributed by atoms with Gasteiger partial charge in [-0.15, -0.1) is 21.2 Å². The van der Waals surface area contributed by atoms with Crippen molar-refractivity contribution in [2.24, 2.45) is 5.73 Å². The number of benzene rings is 2. The van der Waals surface area contributed by atoms with Crippen LogP contribution in [0.2, 0.25) is 0 Å². The summed E-state index contributed by atoms with van der Waals surface area (Å²) in [7, 11) is 1.50. The lowest BCUT2D eigenvalue weighted by Gasteiger charge is -2.27. The Morgan fingerprint density at radius 1 is 0.809 bits per heavy atom. The molecule has 0 unspecified atom stereocenters. The molecule has 1 aromatic heterocycles. The van der Waals surface area contributed by atoms with Gasteiger partial charge in [-0.3, -0.25) is 9.59 Å². The van der Waals surface area contributed by atoms with Gasteiger partial charge in [0.2, 0.25) is 23.8 Å². The summed E-state index contributed by atoms with van der Waals surface area (Å²) in [5.41, 5.74) is 5.74. The highest BCUT2D eigenvalue weighted by atomic mass is 35.5. The van der Waals surface area contributed by atoms with Gasteiger partial charge < -0.3 is 54.1 Å². The Morgan fingerprint density at radius 2 is 1.32 bits per heavy atom. The van der Waals surface area contributed by atoms with E-state index in [1.165, 1.54) is 31.7 Å². The van der Waals surface area contributed by atoms with Crippen LogP contribution >= 0.6 is 12.4 Å². The van der Waals surface area contributed by atoms with E-state index in [0.29, 0.717) is 29.1 Å². The molecule has 3 aliphatic rings. The molecule has 4 heterocycles. The van der Waals surface area contributed by atoms with Crippen molar-refractivity contribution in [3.05, 3.63) is 48.0 Å². The molecular weight excluding hydrogens is 640 g/mol. The van der Waals surface area contributed by atoms with E-state index >= 15 is 0 Å². The Kier molecular flexibility index (Phi) is 15.6. The zero-order valence-corrected chi connectivity index (χ0v) is 27.2. The van der Waals surface area contributed by atoms with Crippen LogP contribution in [-0.2, 0) is 4.79 Å². The predicted molar refractivity (Wildman–Crippen MR) is 188 cm³/mol. The number of carbonyl (C=O) groups excluding carboxylic acids is 2. The van der Waals surface area contributed by atoms with Crippen LogP contribution in [0, 0.1) is 0 Å². The molecule has 0 aliphatic carbocycles. The number of nitrogens with zero attached hydrogens (tertiary/aromatic N) is 5. The Balaban J connectivity index is -0.00000109. The molecule has 0 bridgehead atoms. The van der Waals surface area contributed by atoms with Crippen LogP contribution in [0.3, 0.4) is 0 Å². The van der Waals surface area contributed by atoms with Crippen LogP contribution in [-0.4, -0.2) is 66.2 Å². The van der Waals surface area contributed by atoms with Crippen LogP contribution in [0.1, 0.15) is 54.6 Å². The van der Waals surface area contributed by atoms with Gasteiger partial charge in [-0.25, -0.2) is 0 Å². The summed E-state index contributed by atoms with van der Waals surface area (Å²) in [5, 5.41) is 5.75. The third-order valence-electron chi connectivity index (χ3n) is 7.11. The van der Waals surface area contributed by atoms with Crippen LogP contribution < -0.4 is 54.1 Å². The zero-order valence-electron chi connectivity index (χ0n) is 26.3. The molecule has 2 fully saturated rings. The lowest BCUT2D eigenvalue weighted by atomic mass is 10.1. The molecular formula is C29H52ClF2N11O4. The average molecular weight is 692 g/mol. The van der Waals surface area contributed by atoms with Crippen molar-refractivity contribution in [3.63, 3.8) is 0 Å². The Labute approximate surface area is 284 Å². The lowest BCUT2D eigenvalue weighted by molar-refractivity contribution is -0.286. The monoisotopic (exact) mass is 691 g/mol. The summed E-state index contributed by atoms with van der Waals surface area (Å²) in [4.78, 5) is 43.6. The number of fused-ring (bicyclic) bond motifs is 1. The van der Waals surface area contributed by atoms with E-state index in [9.17, 15) is 18.4 Å². The standard InChI is InChI=1S/C28H29F2N7O4.CH5N.ClH.3H3N.4H2/c29-28(30)40-22-11-10-20(16-23(22)41-28)31-24(39)17-21(38)18-6-8-19(9-7-18)32-25-33-26(36-12-2-1-3-13-36)35-27(34-25)37-14-4-5-15-37;1-2;;;;;;;;/h6-11,16H,1-5,12-15,17H2,(H,31,39)(H,32,33,34,35);2H2,1H3;1H;3*1H3;4*1H. The second kappa shape index (κ2) is 18.1. The molecule has 0 spiro atoms. The molecule has 3 aromatic rings. The number of Topliss-reactive ketones (excluding diaryl/α,β-unsaturated/α-hetero) is 1. The van der Waals surface area contributed by atoms with Gasteiger partial charge in [0.15, 0.2) is 17.3 Å². The Morgan fingerprint density at radius 3 is 1.89 bits per heavy atom. The van der Waals surface area contributed by atoms with Gasteiger partial charge in [-0.2, -0.15) is 15.0 Å². The number of amides is 1.